The number of hydrogen-bond acceptors (Lipinski definition) is 3. The Morgan fingerprint density at radius 2 is 1.85 bits per heavy atom. The first-order valence-corrected chi connectivity index (χ1v) is 6.98. The largest absolute Gasteiger partial charge is 0.416 e. The lowest BCUT2D eigenvalue weighted by atomic mass is 10.1. The lowest BCUT2D eigenvalue weighted by Crippen LogP contribution is -2.03. The van der Waals surface area contributed by atoms with Crippen LogP contribution in [0.25, 0.3) is 10.6 Å². The molecule has 0 aliphatic heterocycles. The van der Waals surface area contributed by atoms with Crippen molar-refractivity contribution in [3.63, 3.8) is 0 Å². The van der Waals surface area contributed by atoms with E-state index in [1.165, 1.54) is 23.5 Å². The van der Waals surface area contributed by atoms with Gasteiger partial charge < -0.3 is 5.11 Å². The summed E-state index contributed by atoms with van der Waals surface area (Å²) in [5.41, 5.74) is 0.926. The summed E-state index contributed by atoms with van der Waals surface area (Å²) in [6.45, 7) is 2.03. The summed E-state index contributed by atoms with van der Waals surface area (Å²) in [5, 5.41) is 9.53. The van der Waals surface area contributed by atoms with Gasteiger partial charge in [0, 0.05) is 17.0 Å². The summed E-state index contributed by atoms with van der Waals surface area (Å²) in [6.07, 6.45) is -3.00. The van der Waals surface area contributed by atoms with Crippen molar-refractivity contribution in [3.8, 4) is 10.6 Å². The summed E-state index contributed by atoms with van der Waals surface area (Å²) in [4.78, 5) is 5.47. The summed E-state index contributed by atoms with van der Waals surface area (Å²) in [6, 6.07) is 5.02. The van der Waals surface area contributed by atoms with Gasteiger partial charge in [0.2, 0.25) is 0 Å². The van der Waals surface area contributed by atoms with E-state index in [0.29, 0.717) is 23.4 Å². The minimum atomic E-state index is -4.32. The molecule has 1 N–H and O–H groups in total. The molecule has 2 nitrogen and oxygen atoms in total. The molecule has 0 saturated carbocycles. The second-order valence-electron chi connectivity index (χ2n) is 4.42. The van der Waals surface area contributed by atoms with E-state index < -0.39 is 11.7 Å². The second kappa shape index (κ2) is 5.93. The Kier molecular flexibility index (Phi) is 4.45. The molecule has 0 saturated heterocycles. The predicted molar refractivity (Wildman–Crippen MR) is 72.7 cm³/mol. The predicted octanol–water partition coefficient (Wildman–Crippen LogP) is 4.06. The summed E-state index contributed by atoms with van der Waals surface area (Å²) in [5.74, 6) is 0. The normalized spacial score (nSPS) is 11.8. The van der Waals surface area contributed by atoms with Gasteiger partial charge in [0.1, 0.15) is 5.01 Å². The lowest BCUT2D eigenvalue weighted by Gasteiger charge is -2.06. The van der Waals surface area contributed by atoms with Gasteiger partial charge in [-0.05, 0) is 31.9 Å². The number of aliphatic hydroxyl groups is 1. The van der Waals surface area contributed by atoms with Crippen molar-refractivity contribution in [2.24, 2.45) is 0 Å². The molecule has 0 bridgehead atoms. The average molecular weight is 301 g/mol. The van der Waals surface area contributed by atoms with Crippen LogP contribution in [0.5, 0.6) is 0 Å². The molecular formula is C14H14F3NOS. The minimum absolute atomic E-state index is 0.104. The van der Waals surface area contributed by atoms with Gasteiger partial charge in [-0.25, -0.2) is 4.98 Å². The lowest BCUT2D eigenvalue weighted by molar-refractivity contribution is -0.137. The fourth-order valence-electron chi connectivity index (χ4n) is 1.83. The number of aliphatic hydroxyl groups excluding tert-OH is 1. The SMILES string of the molecule is Cc1sc(-c2ccc(C(F)(F)F)cc2)nc1CCCO. The van der Waals surface area contributed by atoms with E-state index in [2.05, 4.69) is 4.98 Å². The van der Waals surface area contributed by atoms with Crippen LogP contribution in [0.15, 0.2) is 24.3 Å². The number of thiazole rings is 1. The van der Waals surface area contributed by atoms with E-state index in [4.69, 9.17) is 5.11 Å². The number of rotatable bonds is 4. The van der Waals surface area contributed by atoms with Crippen molar-refractivity contribution in [2.75, 3.05) is 6.61 Å². The van der Waals surface area contributed by atoms with Crippen molar-refractivity contribution in [1.29, 1.82) is 0 Å². The summed E-state index contributed by atoms with van der Waals surface area (Å²) in [7, 11) is 0. The Bertz CT molecular complexity index is 575. The Morgan fingerprint density at radius 1 is 1.20 bits per heavy atom. The first-order chi connectivity index (χ1) is 9.41. The zero-order valence-corrected chi connectivity index (χ0v) is 11.7. The van der Waals surface area contributed by atoms with Crippen molar-refractivity contribution >= 4 is 11.3 Å². The Labute approximate surface area is 118 Å². The van der Waals surface area contributed by atoms with Crippen LogP contribution >= 0.6 is 11.3 Å². The molecule has 0 aliphatic carbocycles. The highest BCUT2D eigenvalue weighted by atomic mass is 32.1. The standard InChI is InChI=1S/C14H14F3NOS/c1-9-12(3-2-8-19)18-13(20-9)10-4-6-11(7-5-10)14(15,16)17/h4-7,19H,2-3,8H2,1H3. The quantitative estimate of drug-likeness (QED) is 0.923. The number of aryl methyl sites for hydroxylation is 2. The van der Waals surface area contributed by atoms with Crippen LogP contribution in [0.1, 0.15) is 22.6 Å². The van der Waals surface area contributed by atoms with Crippen LogP contribution in [0.3, 0.4) is 0 Å². The van der Waals surface area contributed by atoms with Gasteiger partial charge in [0.05, 0.1) is 11.3 Å². The number of halogens is 3. The van der Waals surface area contributed by atoms with Crippen LogP contribution in [-0.4, -0.2) is 16.7 Å². The molecule has 1 heterocycles. The molecule has 6 heteroatoms. The molecule has 108 valence electrons. The fraction of sp³-hybridized carbons (Fsp3) is 0.357. The number of aromatic nitrogens is 1. The third-order valence-corrected chi connectivity index (χ3v) is 3.99. The third-order valence-electron chi connectivity index (χ3n) is 2.92. The summed E-state index contributed by atoms with van der Waals surface area (Å²) < 4.78 is 37.5. The molecule has 1 aromatic heterocycles. The maximum atomic E-state index is 12.5. The number of alkyl halides is 3. The van der Waals surface area contributed by atoms with E-state index in [1.807, 2.05) is 6.92 Å². The Hall–Kier alpha value is -1.40. The Balaban J connectivity index is 2.24. The molecule has 0 spiro atoms. The van der Waals surface area contributed by atoms with Crippen LogP contribution in [0.4, 0.5) is 13.2 Å². The van der Waals surface area contributed by atoms with E-state index >= 15 is 0 Å². The first kappa shape index (κ1) is 15.0. The molecule has 2 rings (SSSR count). The summed E-state index contributed by atoms with van der Waals surface area (Å²) >= 11 is 1.46. The maximum Gasteiger partial charge on any atom is 0.416 e. The van der Waals surface area contributed by atoms with E-state index in [0.717, 1.165) is 22.7 Å². The zero-order chi connectivity index (χ0) is 14.8. The van der Waals surface area contributed by atoms with Crippen LogP contribution < -0.4 is 0 Å². The fourth-order valence-corrected chi connectivity index (χ4v) is 2.80. The Morgan fingerprint density at radius 3 is 2.40 bits per heavy atom. The highest BCUT2D eigenvalue weighted by Crippen LogP contribution is 2.33. The van der Waals surface area contributed by atoms with Gasteiger partial charge in [-0.1, -0.05) is 12.1 Å². The molecule has 1 aromatic carbocycles. The molecule has 0 atom stereocenters. The van der Waals surface area contributed by atoms with Gasteiger partial charge in [-0.2, -0.15) is 13.2 Å². The monoisotopic (exact) mass is 301 g/mol. The number of benzene rings is 1. The highest BCUT2D eigenvalue weighted by molar-refractivity contribution is 7.15. The van der Waals surface area contributed by atoms with Gasteiger partial charge >= 0.3 is 6.18 Å². The zero-order valence-electron chi connectivity index (χ0n) is 10.9. The van der Waals surface area contributed by atoms with Crippen molar-refractivity contribution in [2.45, 2.75) is 25.9 Å². The van der Waals surface area contributed by atoms with Gasteiger partial charge in [-0.3, -0.25) is 0 Å². The minimum Gasteiger partial charge on any atom is -0.396 e. The molecule has 0 aliphatic rings. The number of hydrogen-bond donors (Lipinski definition) is 1. The highest BCUT2D eigenvalue weighted by Gasteiger charge is 2.30. The smallest absolute Gasteiger partial charge is 0.396 e. The van der Waals surface area contributed by atoms with E-state index in [1.54, 1.807) is 0 Å². The second-order valence-corrected chi connectivity index (χ2v) is 5.63. The number of nitrogens with zero attached hydrogens (tertiary/aromatic N) is 1. The topological polar surface area (TPSA) is 33.1 Å². The van der Waals surface area contributed by atoms with Gasteiger partial charge in [-0.15, -0.1) is 11.3 Å². The van der Waals surface area contributed by atoms with Crippen molar-refractivity contribution in [1.82, 2.24) is 4.98 Å². The maximum absolute atomic E-state index is 12.5. The molecule has 0 radical (unpaired) electrons. The van der Waals surface area contributed by atoms with E-state index in [9.17, 15) is 13.2 Å². The average Bonchev–Trinajstić information content (AvgIpc) is 2.77. The molecule has 0 amide bonds. The van der Waals surface area contributed by atoms with Gasteiger partial charge in [0.25, 0.3) is 0 Å². The molecule has 0 fully saturated rings. The molecule has 20 heavy (non-hydrogen) atoms. The van der Waals surface area contributed by atoms with Crippen LogP contribution in [0, 0.1) is 6.92 Å². The van der Waals surface area contributed by atoms with Gasteiger partial charge in [0.15, 0.2) is 0 Å². The first-order valence-electron chi connectivity index (χ1n) is 6.16. The van der Waals surface area contributed by atoms with Crippen molar-refractivity contribution in [3.05, 3.63) is 40.4 Å². The van der Waals surface area contributed by atoms with Crippen LogP contribution in [-0.2, 0) is 12.6 Å². The van der Waals surface area contributed by atoms with Crippen molar-refractivity contribution < 1.29 is 18.3 Å². The molecule has 0 unspecified atom stereocenters. The third kappa shape index (κ3) is 3.37. The molecular weight excluding hydrogens is 287 g/mol. The molecule has 2 aromatic rings. The van der Waals surface area contributed by atoms with E-state index in [-0.39, 0.29) is 6.61 Å². The van der Waals surface area contributed by atoms with Crippen LogP contribution in [0.2, 0.25) is 0 Å².